The van der Waals surface area contributed by atoms with E-state index in [0.29, 0.717) is 12.5 Å². The number of fused-ring (bicyclic) bond motifs is 1. The number of rotatable bonds is 6. The molecule has 4 nitrogen and oxygen atoms in total. The van der Waals surface area contributed by atoms with Gasteiger partial charge in [-0.3, -0.25) is 0 Å². The summed E-state index contributed by atoms with van der Waals surface area (Å²) in [5, 5.41) is 9.53. The zero-order valence-electron chi connectivity index (χ0n) is 16.2. The fourth-order valence-electron chi connectivity index (χ4n) is 3.37. The number of hydrogen-bond acceptors (Lipinski definition) is 3. The molecule has 0 amide bonds. The highest BCUT2D eigenvalue weighted by Gasteiger charge is 2.16. The number of benzene rings is 2. The van der Waals surface area contributed by atoms with Crippen molar-refractivity contribution in [3.8, 4) is 5.88 Å². The van der Waals surface area contributed by atoms with Gasteiger partial charge in [0.25, 0.3) is 5.88 Å². The number of aromatic nitrogens is 3. The first kappa shape index (κ1) is 18.0. The van der Waals surface area contributed by atoms with E-state index in [0.717, 1.165) is 23.0 Å². The van der Waals surface area contributed by atoms with Gasteiger partial charge in [0.1, 0.15) is 12.1 Å². The lowest BCUT2D eigenvalue weighted by Gasteiger charge is -2.10. The Morgan fingerprint density at radius 3 is 2.43 bits per heavy atom. The van der Waals surface area contributed by atoms with Gasteiger partial charge in [0.05, 0.1) is 6.20 Å². The summed E-state index contributed by atoms with van der Waals surface area (Å²) in [6.45, 7) is 5.47. The molecule has 2 aromatic carbocycles. The van der Waals surface area contributed by atoms with E-state index >= 15 is 0 Å². The Morgan fingerprint density at radius 1 is 0.964 bits per heavy atom. The van der Waals surface area contributed by atoms with Crippen LogP contribution in [-0.4, -0.2) is 14.8 Å². The molecule has 0 N–H and O–H groups in total. The highest BCUT2D eigenvalue weighted by Crippen LogP contribution is 2.30. The number of ether oxygens (including phenoxy) is 1. The molecule has 28 heavy (non-hydrogen) atoms. The van der Waals surface area contributed by atoms with Gasteiger partial charge in [0.2, 0.25) is 0 Å². The van der Waals surface area contributed by atoms with Crippen molar-refractivity contribution in [3.05, 3.63) is 95.3 Å². The van der Waals surface area contributed by atoms with E-state index in [-0.39, 0.29) is 0 Å². The maximum atomic E-state index is 6.06. The van der Waals surface area contributed by atoms with Gasteiger partial charge >= 0.3 is 0 Å². The van der Waals surface area contributed by atoms with E-state index in [1.54, 1.807) is 0 Å². The Hall–Kier alpha value is -3.40. The van der Waals surface area contributed by atoms with Crippen LogP contribution in [0, 0.1) is 13.8 Å². The van der Waals surface area contributed by atoms with E-state index in [9.17, 15) is 0 Å². The molecule has 0 spiro atoms. The molecule has 0 saturated carbocycles. The molecule has 0 fully saturated rings. The molecule has 0 atom stereocenters. The summed E-state index contributed by atoms with van der Waals surface area (Å²) >= 11 is 0. The van der Waals surface area contributed by atoms with E-state index in [4.69, 9.17) is 4.74 Å². The number of nitrogens with zero attached hydrogens (tertiary/aromatic N) is 3. The number of hydrogen-bond donors (Lipinski definition) is 0. The number of aryl methyl sites for hydroxylation is 1. The summed E-state index contributed by atoms with van der Waals surface area (Å²) in [5.74, 6) is 0.575. The first-order valence-corrected chi connectivity index (χ1v) is 9.43. The van der Waals surface area contributed by atoms with E-state index < -0.39 is 0 Å². The van der Waals surface area contributed by atoms with Gasteiger partial charge in [-0.1, -0.05) is 72.8 Å². The molecule has 0 aliphatic heterocycles. The summed E-state index contributed by atoms with van der Waals surface area (Å²) in [4.78, 5) is 0. The molecular formula is C24H23N3O. The Morgan fingerprint density at radius 2 is 1.68 bits per heavy atom. The fourth-order valence-corrected chi connectivity index (χ4v) is 3.37. The topological polar surface area (TPSA) is 39.9 Å². The molecular weight excluding hydrogens is 346 g/mol. The minimum atomic E-state index is 0.470. The summed E-state index contributed by atoms with van der Waals surface area (Å²) < 4.78 is 8.31. The molecule has 0 radical (unpaired) electrons. The van der Waals surface area contributed by atoms with Crippen molar-refractivity contribution in [1.82, 2.24) is 14.8 Å². The lowest BCUT2D eigenvalue weighted by molar-refractivity contribution is 0.293. The van der Waals surface area contributed by atoms with Crippen LogP contribution in [0.1, 0.15) is 22.4 Å². The molecule has 4 heteroatoms. The molecule has 0 aliphatic carbocycles. The second-order valence-corrected chi connectivity index (χ2v) is 6.82. The summed E-state index contributed by atoms with van der Waals surface area (Å²) in [5.41, 5.74) is 5.71. The first-order chi connectivity index (χ1) is 13.7. The lowest BCUT2D eigenvalue weighted by atomic mass is 10.2. The predicted molar refractivity (Wildman–Crippen MR) is 113 cm³/mol. The molecule has 0 aliphatic rings. The van der Waals surface area contributed by atoms with E-state index in [2.05, 4.69) is 52.9 Å². The third kappa shape index (κ3) is 3.67. The Balaban J connectivity index is 1.65. The fraction of sp³-hybridized carbons (Fsp3) is 0.167. The second-order valence-electron chi connectivity index (χ2n) is 6.82. The quantitative estimate of drug-likeness (QED) is 0.460. The normalized spacial score (nSPS) is 11.4. The van der Waals surface area contributed by atoms with Gasteiger partial charge in [-0.15, -0.1) is 5.10 Å². The molecule has 2 aromatic heterocycles. The average molecular weight is 369 g/mol. The van der Waals surface area contributed by atoms with Crippen LogP contribution >= 0.6 is 0 Å². The summed E-state index contributed by atoms with van der Waals surface area (Å²) in [6.07, 6.45) is 6.13. The van der Waals surface area contributed by atoms with Crippen molar-refractivity contribution in [3.63, 3.8) is 0 Å². The van der Waals surface area contributed by atoms with Crippen LogP contribution in [0.2, 0.25) is 0 Å². The Bertz CT molecular complexity index is 1100. The standard InChI is InChI=1S/C24H23N3O/c1-18-19(2)27(15-9-14-20-10-5-3-6-11-20)23-22(18)16-25-26-24(23)28-17-21-12-7-4-8-13-21/h3-14,16H,15,17H2,1-2H3/b14-9+. The van der Waals surface area contributed by atoms with Gasteiger partial charge < -0.3 is 9.30 Å². The molecule has 0 saturated heterocycles. The maximum Gasteiger partial charge on any atom is 0.258 e. The van der Waals surface area contributed by atoms with Crippen molar-refractivity contribution in [1.29, 1.82) is 0 Å². The molecule has 0 bridgehead atoms. The van der Waals surface area contributed by atoms with Gasteiger partial charge in [0, 0.05) is 17.6 Å². The largest absolute Gasteiger partial charge is 0.470 e. The molecule has 4 aromatic rings. The predicted octanol–water partition coefficient (Wildman–Crippen LogP) is 5.34. The smallest absolute Gasteiger partial charge is 0.258 e. The Labute approximate surface area is 165 Å². The SMILES string of the molecule is Cc1c(C)n(C/C=C/c2ccccc2)c2c(OCc3ccccc3)nncc12. The minimum Gasteiger partial charge on any atom is -0.470 e. The third-order valence-corrected chi connectivity index (χ3v) is 5.03. The highest BCUT2D eigenvalue weighted by atomic mass is 16.5. The van der Waals surface area contributed by atoms with Crippen molar-refractivity contribution in [2.24, 2.45) is 0 Å². The molecule has 2 heterocycles. The van der Waals surface area contributed by atoms with Crippen molar-refractivity contribution in [2.45, 2.75) is 27.0 Å². The van der Waals surface area contributed by atoms with Crippen molar-refractivity contribution >= 4 is 17.0 Å². The van der Waals surface area contributed by atoms with E-state index in [1.165, 1.54) is 16.8 Å². The highest BCUT2D eigenvalue weighted by molar-refractivity contribution is 5.88. The van der Waals surface area contributed by atoms with E-state index in [1.807, 2.05) is 54.7 Å². The zero-order valence-corrected chi connectivity index (χ0v) is 16.2. The lowest BCUT2D eigenvalue weighted by Crippen LogP contribution is -2.03. The molecule has 0 unspecified atom stereocenters. The number of allylic oxidation sites excluding steroid dienone is 1. The van der Waals surface area contributed by atoms with Gasteiger partial charge in [-0.2, -0.15) is 5.10 Å². The minimum absolute atomic E-state index is 0.470. The van der Waals surface area contributed by atoms with Gasteiger partial charge in [-0.05, 0) is 30.5 Å². The van der Waals surface area contributed by atoms with Crippen molar-refractivity contribution < 1.29 is 4.74 Å². The van der Waals surface area contributed by atoms with Crippen LogP contribution < -0.4 is 4.74 Å². The van der Waals surface area contributed by atoms with Crippen LogP contribution in [0.25, 0.3) is 17.0 Å². The monoisotopic (exact) mass is 369 g/mol. The van der Waals surface area contributed by atoms with Crippen LogP contribution in [0.3, 0.4) is 0 Å². The van der Waals surface area contributed by atoms with Crippen LogP contribution in [0.5, 0.6) is 5.88 Å². The Kier molecular flexibility index (Phi) is 5.20. The van der Waals surface area contributed by atoms with Gasteiger partial charge in [-0.25, -0.2) is 0 Å². The first-order valence-electron chi connectivity index (χ1n) is 9.43. The van der Waals surface area contributed by atoms with Crippen LogP contribution in [-0.2, 0) is 13.2 Å². The van der Waals surface area contributed by atoms with Crippen LogP contribution in [0.15, 0.2) is 72.9 Å². The third-order valence-electron chi connectivity index (χ3n) is 5.03. The zero-order chi connectivity index (χ0) is 19.3. The summed E-state index contributed by atoms with van der Waals surface area (Å²) in [7, 11) is 0. The average Bonchev–Trinajstić information content (AvgIpc) is 2.99. The van der Waals surface area contributed by atoms with Gasteiger partial charge in [0.15, 0.2) is 0 Å². The molecule has 140 valence electrons. The maximum absolute atomic E-state index is 6.06. The summed E-state index contributed by atoms with van der Waals surface area (Å²) in [6, 6.07) is 20.4. The van der Waals surface area contributed by atoms with Crippen LogP contribution in [0.4, 0.5) is 0 Å². The second kappa shape index (κ2) is 8.09. The van der Waals surface area contributed by atoms with Crippen molar-refractivity contribution in [2.75, 3.05) is 0 Å². The molecule has 4 rings (SSSR count).